The average Bonchev–Trinajstić information content (AvgIpc) is 2.46. The van der Waals surface area contributed by atoms with Gasteiger partial charge in [-0.15, -0.1) is 0 Å². The normalized spacial score (nSPS) is 9.95. The van der Waals surface area contributed by atoms with E-state index in [-0.39, 0.29) is 0 Å². The Hall–Kier alpha value is -2.30. The summed E-state index contributed by atoms with van der Waals surface area (Å²) in [5.41, 5.74) is 2.81. The van der Waals surface area contributed by atoms with Gasteiger partial charge in [0.2, 0.25) is 0 Å². The molecule has 0 unspecified atom stereocenters. The average molecular weight is 264 g/mol. The topological polar surface area (TPSA) is 12.9 Å². The van der Waals surface area contributed by atoms with Gasteiger partial charge in [0.15, 0.2) is 0 Å². The molecular formula is C17H10ClN. The van der Waals surface area contributed by atoms with Crippen molar-refractivity contribution in [2.24, 2.45) is 0 Å². The van der Waals surface area contributed by atoms with Gasteiger partial charge >= 0.3 is 0 Å². The Morgan fingerprint density at radius 2 is 1.63 bits per heavy atom. The number of hydrogen-bond acceptors (Lipinski definition) is 1. The molecule has 2 heteroatoms. The van der Waals surface area contributed by atoms with E-state index in [1.54, 1.807) is 6.20 Å². The molecule has 3 aromatic rings. The van der Waals surface area contributed by atoms with Crippen LogP contribution in [0.4, 0.5) is 0 Å². The number of aromatic nitrogens is 1. The quantitative estimate of drug-likeness (QED) is 0.552. The predicted molar refractivity (Wildman–Crippen MR) is 79.2 cm³/mol. The van der Waals surface area contributed by atoms with Crippen LogP contribution in [0.15, 0.2) is 60.8 Å². The second-order valence-corrected chi connectivity index (χ2v) is 4.61. The second kappa shape index (κ2) is 5.14. The Morgan fingerprint density at radius 3 is 2.47 bits per heavy atom. The number of fused-ring (bicyclic) bond motifs is 1. The standard InChI is InChI=1S/C17H10ClN/c18-16-8-9-17-15(11-16)10-14(12-19-17)7-6-13-4-2-1-3-5-13/h1-5,8-12H. The van der Waals surface area contributed by atoms with Crippen molar-refractivity contribution in [3.8, 4) is 11.8 Å². The molecule has 0 fully saturated rings. The number of halogens is 1. The van der Waals surface area contributed by atoms with Crippen molar-refractivity contribution in [3.05, 3.63) is 76.9 Å². The van der Waals surface area contributed by atoms with Gasteiger partial charge in [0.1, 0.15) is 0 Å². The van der Waals surface area contributed by atoms with Crippen molar-refractivity contribution >= 4 is 22.5 Å². The molecule has 0 atom stereocenters. The highest BCUT2D eigenvalue weighted by Gasteiger charge is 1.97. The van der Waals surface area contributed by atoms with E-state index in [2.05, 4.69) is 16.8 Å². The lowest BCUT2D eigenvalue weighted by atomic mass is 10.1. The highest BCUT2D eigenvalue weighted by atomic mass is 35.5. The molecule has 0 aliphatic carbocycles. The lowest BCUT2D eigenvalue weighted by Crippen LogP contribution is -1.82. The Morgan fingerprint density at radius 1 is 0.842 bits per heavy atom. The third-order valence-corrected chi connectivity index (χ3v) is 3.00. The zero-order valence-electron chi connectivity index (χ0n) is 10.1. The van der Waals surface area contributed by atoms with Gasteiger partial charge in [-0.25, -0.2) is 0 Å². The summed E-state index contributed by atoms with van der Waals surface area (Å²) in [6.07, 6.45) is 1.78. The Balaban J connectivity index is 2.00. The zero-order chi connectivity index (χ0) is 13.1. The minimum absolute atomic E-state index is 0.711. The Bertz CT molecular complexity index is 782. The van der Waals surface area contributed by atoms with Crippen LogP contribution >= 0.6 is 11.6 Å². The fraction of sp³-hybridized carbons (Fsp3) is 0. The number of pyridine rings is 1. The van der Waals surface area contributed by atoms with Gasteiger partial charge in [-0.05, 0) is 36.4 Å². The summed E-state index contributed by atoms with van der Waals surface area (Å²) in [5.74, 6) is 6.23. The van der Waals surface area contributed by atoms with Gasteiger partial charge in [0, 0.05) is 27.7 Å². The number of benzene rings is 2. The highest BCUT2D eigenvalue weighted by Crippen LogP contribution is 2.18. The van der Waals surface area contributed by atoms with E-state index in [0.29, 0.717) is 5.02 Å². The lowest BCUT2D eigenvalue weighted by molar-refractivity contribution is 1.39. The van der Waals surface area contributed by atoms with Crippen LogP contribution in [0, 0.1) is 11.8 Å². The SMILES string of the molecule is Clc1ccc2ncc(C#Cc3ccccc3)cc2c1. The summed E-state index contributed by atoms with van der Waals surface area (Å²) in [7, 11) is 0. The largest absolute Gasteiger partial charge is 0.255 e. The van der Waals surface area contributed by atoms with E-state index in [9.17, 15) is 0 Å². The molecule has 3 rings (SSSR count). The highest BCUT2D eigenvalue weighted by molar-refractivity contribution is 6.31. The Labute approximate surface area is 116 Å². The van der Waals surface area contributed by atoms with Gasteiger partial charge in [-0.3, -0.25) is 4.98 Å². The summed E-state index contributed by atoms with van der Waals surface area (Å²) >= 11 is 5.98. The van der Waals surface area contributed by atoms with Crippen molar-refractivity contribution in [2.45, 2.75) is 0 Å². The molecule has 90 valence electrons. The van der Waals surface area contributed by atoms with Gasteiger partial charge in [-0.1, -0.05) is 41.6 Å². The van der Waals surface area contributed by atoms with E-state index in [0.717, 1.165) is 22.0 Å². The summed E-state index contributed by atoms with van der Waals surface area (Å²) in [6, 6.07) is 17.5. The molecule has 1 heterocycles. The number of hydrogen-bond donors (Lipinski definition) is 0. The Kier molecular flexibility index (Phi) is 3.18. The number of rotatable bonds is 0. The van der Waals surface area contributed by atoms with E-state index in [4.69, 9.17) is 11.6 Å². The summed E-state index contributed by atoms with van der Waals surface area (Å²) in [6.45, 7) is 0. The summed E-state index contributed by atoms with van der Waals surface area (Å²) in [5, 5.41) is 1.72. The third-order valence-electron chi connectivity index (χ3n) is 2.77. The first-order valence-electron chi connectivity index (χ1n) is 5.94. The van der Waals surface area contributed by atoms with Crippen LogP contribution in [-0.2, 0) is 0 Å². The van der Waals surface area contributed by atoms with E-state index >= 15 is 0 Å². The monoisotopic (exact) mass is 263 g/mol. The molecule has 0 N–H and O–H groups in total. The van der Waals surface area contributed by atoms with Gasteiger partial charge < -0.3 is 0 Å². The van der Waals surface area contributed by atoms with Crippen molar-refractivity contribution < 1.29 is 0 Å². The van der Waals surface area contributed by atoms with E-state index in [1.165, 1.54) is 0 Å². The first-order chi connectivity index (χ1) is 9.31. The van der Waals surface area contributed by atoms with Crippen LogP contribution < -0.4 is 0 Å². The maximum absolute atomic E-state index is 5.98. The van der Waals surface area contributed by atoms with Gasteiger partial charge in [0.25, 0.3) is 0 Å². The molecule has 1 aromatic heterocycles. The summed E-state index contributed by atoms with van der Waals surface area (Å²) < 4.78 is 0. The predicted octanol–water partition coefficient (Wildman–Crippen LogP) is 4.29. The van der Waals surface area contributed by atoms with Gasteiger partial charge in [0.05, 0.1) is 5.52 Å². The molecule has 0 bridgehead atoms. The van der Waals surface area contributed by atoms with Crippen LogP contribution in [0.1, 0.15) is 11.1 Å². The second-order valence-electron chi connectivity index (χ2n) is 4.18. The molecule has 2 aromatic carbocycles. The first kappa shape index (κ1) is 11.8. The molecule has 0 saturated heterocycles. The fourth-order valence-corrected chi connectivity index (χ4v) is 2.02. The molecule has 0 amide bonds. The first-order valence-corrected chi connectivity index (χ1v) is 6.31. The maximum atomic E-state index is 5.98. The van der Waals surface area contributed by atoms with E-state index in [1.807, 2.05) is 54.6 Å². The summed E-state index contributed by atoms with van der Waals surface area (Å²) in [4.78, 5) is 4.37. The zero-order valence-corrected chi connectivity index (χ0v) is 10.9. The van der Waals surface area contributed by atoms with Crippen molar-refractivity contribution in [1.82, 2.24) is 4.98 Å². The maximum Gasteiger partial charge on any atom is 0.0703 e. The fourth-order valence-electron chi connectivity index (χ4n) is 1.84. The van der Waals surface area contributed by atoms with Crippen molar-refractivity contribution in [1.29, 1.82) is 0 Å². The van der Waals surface area contributed by atoms with Crippen molar-refractivity contribution in [2.75, 3.05) is 0 Å². The van der Waals surface area contributed by atoms with E-state index < -0.39 is 0 Å². The minimum atomic E-state index is 0.711. The van der Waals surface area contributed by atoms with Crippen molar-refractivity contribution in [3.63, 3.8) is 0 Å². The molecule has 0 saturated carbocycles. The minimum Gasteiger partial charge on any atom is -0.255 e. The molecule has 19 heavy (non-hydrogen) atoms. The molecule has 0 aliphatic rings. The van der Waals surface area contributed by atoms with Crippen LogP contribution in [0.2, 0.25) is 5.02 Å². The lowest BCUT2D eigenvalue weighted by Gasteiger charge is -1.98. The van der Waals surface area contributed by atoms with Crippen LogP contribution in [0.5, 0.6) is 0 Å². The molecule has 0 spiro atoms. The smallest absolute Gasteiger partial charge is 0.0703 e. The molecule has 1 nitrogen and oxygen atoms in total. The molecule has 0 radical (unpaired) electrons. The van der Waals surface area contributed by atoms with Gasteiger partial charge in [-0.2, -0.15) is 0 Å². The van der Waals surface area contributed by atoms with Crippen LogP contribution in [0.25, 0.3) is 10.9 Å². The third kappa shape index (κ3) is 2.76. The molecular weight excluding hydrogens is 254 g/mol. The molecule has 0 aliphatic heterocycles. The number of nitrogens with zero attached hydrogens (tertiary/aromatic N) is 1. The van der Waals surface area contributed by atoms with Crippen LogP contribution in [-0.4, -0.2) is 4.98 Å². The van der Waals surface area contributed by atoms with Crippen LogP contribution in [0.3, 0.4) is 0 Å².